The van der Waals surface area contributed by atoms with Crippen LogP contribution in [0.1, 0.15) is 60.0 Å². The van der Waals surface area contributed by atoms with E-state index in [9.17, 15) is 4.79 Å². The predicted octanol–water partition coefficient (Wildman–Crippen LogP) is 4.88. The maximum Gasteiger partial charge on any atom is 0.251 e. The van der Waals surface area contributed by atoms with Gasteiger partial charge in [-0.15, -0.1) is 0 Å². The Bertz CT molecular complexity index is 1510. The van der Waals surface area contributed by atoms with Gasteiger partial charge in [0.05, 0.1) is 16.8 Å². The van der Waals surface area contributed by atoms with Gasteiger partial charge in [0.15, 0.2) is 17.1 Å². The molecule has 0 unspecified atom stereocenters. The fraction of sp³-hybridized carbons (Fsp3) is 0.379. The van der Waals surface area contributed by atoms with E-state index in [1.807, 2.05) is 23.7 Å². The summed E-state index contributed by atoms with van der Waals surface area (Å²) >= 11 is 0. The lowest BCUT2D eigenvalue weighted by atomic mass is 9.91. The lowest BCUT2D eigenvalue weighted by Gasteiger charge is -2.30. The van der Waals surface area contributed by atoms with Gasteiger partial charge in [-0.05, 0) is 69.4 Å². The van der Waals surface area contributed by atoms with E-state index < -0.39 is 0 Å². The molecule has 9 nitrogen and oxygen atoms in total. The lowest BCUT2D eigenvalue weighted by Crippen LogP contribution is -2.40. The summed E-state index contributed by atoms with van der Waals surface area (Å²) in [4.78, 5) is 22.6. The van der Waals surface area contributed by atoms with Gasteiger partial charge in [0.2, 0.25) is 6.79 Å². The highest BCUT2D eigenvalue weighted by atomic mass is 16.7. The lowest BCUT2D eigenvalue weighted by molar-refractivity contribution is 0.0926. The Morgan fingerprint density at radius 2 is 1.76 bits per heavy atom. The van der Waals surface area contributed by atoms with E-state index >= 15 is 0 Å². The van der Waals surface area contributed by atoms with Crippen LogP contribution in [0.4, 0.5) is 5.82 Å². The van der Waals surface area contributed by atoms with Gasteiger partial charge < -0.3 is 20.1 Å². The molecule has 1 aliphatic heterocycles. The number of para-hydroxylation sites is 1. The zero-order chi connectivity index (χ0) is 26.2. The van der Waals surface area contributed by atoms with Crippen molar-refractivity contribution in [2.24, 2.45) is 0 Å². The molecule has 2 aliphatic rings. The van der Waals surface area contributed by atoms with Crippen molar-refractivity contribution < 1.29 is 14.3 Å². The van der Waals surface area contributed by atoms with Crippen molar-refractivity contribution in [3.05, 3.63) is 65.1 Å². The van der Waals surface area contributed by atoms with Gasteiger partial charge in [0, 0.05) is 24.1 Å². The largest absolute Gasteiger partial charge is 0.454 e. The normalized spacial score (nSPS) is 18.5. The Labute approximate surface area is 221 Å². The molecule has 9 heteroatoms. The highest BCUT2D eigenvalue weighted by molar-refractivity contribution is 5.95. The number of nitrogens with one attached hydrogen (secondary N) is 2. The minimum atomic E-state index is -0.0796. The summed E-state index contributed by atoms with van der Waals surface area (Å²) in [5.41, 5.74) is 4.49. The summed E-state index contributed by atoms with van der Waals surface area (Å²) in [5, 5.41) is 12.7. The molecule has 1 aliphatic carbocycles. The first-order valence-corrected chi connectivity index (χ1v) is 13.3. The van der Waals surface area contributed by atoms with Gasteiger partial charge in [0.25, 0.3) is 5.91 Å². The van der Waals surface area contributed by atoms with Gasteiger partial charge in [-0.2, -0.15) is 5.10 Å². The van der Waals surface area contributed by atoms with Crippen LogP contribution in [0, 0.1) is 13.8 Å². The van der Waals surface area contributed by atoms with Crippen LogP contribution in [0.3, 0.4) is 0 Å². The molecule has 0 bridgehead atoms. The number of rotatable bonds is 6. The Morgan fingerprint density at radius 1 is 1.00 bits per heavy atom. The van der Waals surface area contributed by atoms with E-state index in [0.717, 1.165) is 71.7 Å². The predicted molar refractivity (Wildman–Crippen MR) is 145 cm³/mol. The number of anilines is 1. The number of aryl methyl sites for hydroxylation is 3. The van der Waals surface area contributed by atoms with Crippen molar-refractivity contribution in [3.8, 4) is 17.2 Å². The van der Waals surface area contributed by atoms with Crippen LogP contribution >= 0.6 is 0 Å². The van der Waals surface area contributed by atoms with E-state index in [2.05, 4.69) is 36.6 Å². The topological polar surface area (TPSA) is 103 Å². The third kappa shape index (κ3) is 4.53. The molecule has 1 amide bonds. The first kappa shape index (κ1) is 24.2. The standard InChI is InChI=1S/C29H32N6O3/c1-4-25-32-27(26-18(3)34-35(28(26)33-25)22-8-6-5-7-17(22)2)30-20-10-12-21(13-11-20)31-29(36)19-9-14-23-24(15-19)38-16-37-23/h5-9,14-15,20-21H,4,10-13,16H2,1-3H3,(H,31,36)(H,30,32,33). The smallest absolute Gasteiger partial charge is 0.251 e. The zero-order valence-electron chi connectivity index (χ0n) is 22.0. The second-order valence-corrected chi connectivity index (χ2v) is 10.1. The van der Waals surface area contributed by atoms with Crippen molar-refractivity contribution in [2.45, 2.75) is 65.0 Å². The molecular formula is C29H32N6O3. The van der Waals surface area contributed by atoms with E-state index in [1.54, 1.807) is 18.2 Å². The Balaban J connectivity index is 1.17. The minimum absolute atomic E-state index is 0.0796. The van der Waals surface area contributed by atoms with Crippen LogP contribution in [-0.2, 0) is 6.42 Å². The highest BCUT2D eigenvalue weighted by Crippen LogP contribution is 2.33. The molecule has 0 saturated heterocycles. The number of benzene rings is 2. The SMILES string of the molecule is CCc1nc(NC2CCC(NC(=O)c3ccc4c(c3)OCO4)CC2)c2c(C)nn(-c3ccccc3C)c2n1. The number of nitrogens with zero attached hydrogens (tertiary/aromatic N) is 4. The molecule has 4 aromatic rings. The summed E-state index contributed by atoms with van der Waals surface area (Å²) in [5.74, 6) is 2.85. The van der Waals surface area contributed by atoms with E-state index in [-0.39, 0.29) is 24.8 Å². The van der Waals surface area contributed by atoms with Gasteiger partial charge in [-0.25, -0.2) is 14.6 Å². The second kappa shape index (κ2) is 9.96. The van der Waals surface area contributed by atoms with Gasteiger partial charge in [0.1, 0.15) is 11.6 Å². The molecule has 0 radical (unpaired) electrons. The number of carbonyl (C=O) groups excluding carboxylic acids is 1. The number of carbonyl (C=O) groups is 1. The quantitative estimate of drug-likeness (QED) is 0.380. The number of fused-ring (bicyclic) bond motifs is 2. The molecule has 6 rings (SSSR count). The van der Waals surface area contributed by atoms with Crippen LogP contribution < -0.4 is 20.1 Å². The van der Waals surface area contributed by atoms with Crippen molar-refractivity contribution in [2.75, 3.05) is 12.1 Å². The fourth-order valence-corrected chi connectivity index (χ4v) is 5.34. The first-order chi connectivity index (χ1) is 18.5. The third-order valence-corrected chi connectivity index (χ3v) is 7.45. The van der Waals surface area contributed by atoms with Crippen molar-refractivity contribution in [1.82, 2.24) is 25.1 Å². The van der Waals surface area contributed by atoms with Gasteiger partial charge in [-0.3, -0.25) is 4.79 Å². The Hall–Kier alpha value is -4.14. The fourth-order valence-electron chi connectivity index (χ4n) is 5.34. The maximum absolute atomic E-state index is 12.8. The number of hydrogen-bond acceptors (Lipinski definition) is 7. The molecule has 3 heterocycles. The minimum Gasteiger partial charge on any atom is -0.454 e. The van der Waals surface area contributed by atoms with E-state index in [4.69, 9.17) is 24.5 Å². The first-order valence-electron chi connectivity index (χ1n) is 13.3. The van der Waals surface area contributed by atoms with Gasteiger partial charge >= 0.3 is 0 Å². The molecule has 1 fully saturated rings. The van der Waals surface area contributed by atoms with Crippen LogP contribution in [-0.4, -0.2) is 44.5 Å². The molecule has 0 atom stereocenters. The van der Waals surface area contributed by atoms with E-state index in [1.165, 1.54) is 0 Å². The van der Waals surface area contributed by atoms with Crippen molar-refractivity contribution >= 4 is 22.8 Å². The number of ether oxygens (including phenoxy) is 2. The highest BCUT2D eigenvalue weighted by Gasteiger charge is 2.26. The number of amides is 1. The molecule has 1 saturated carbocycles. The zero-order valence-corrected chi connectivity index (χ0v) is 22.0. The van der Waals surface area contributed by atoms with E-state index in [0.29, 0.717) is 17.1 Å². The average molecular weight is 513 g/mol. The molecule has 0 spiro atoms. The second-order valence-electron chi connectivity index (χ2n) is 10.1. The van der Waals surface area contributed by atoms with Crippen molar-refractivity contribution in [1.29, 1.82) is 0 Å². The monoisotopic (exact) mass is 512 g/mol. The summed E-state index contributed by atoms with van der Waals surface area (Å²) in [6.45, 7) is 6.37. The molecule has 2 aromatic heterocycles. The summed E-state index contributed by atoms with van der Waals surface area (Å²) in [6, 6.07) is 13.9. The van der Waals surface area contributed by atoms with Crippen LogP contribution in [0.5, 0.6) is 11.5 Å². The number of aromatic nitrogens is 4. The van der Waals surface area contributed by atoms with Crippen LogP contribution in [0.2, 0.25) is 0 Å². The molecule has 196 valence electrons. The molecule has 38 heavy (non-hydrogen) atoms. The van der Waals surface area contributed by atoms with Gasteiger partial charge in [-0.1, -0.05) is 25.1 Å². The summed E-state index contributed by atoms with van der Waals surface area (Å²) in [7, 11) is 0. The van der Waals surface area contributed by atoms with Crippen molar-refractivity contribution in [3.63, 3.8) is 0 Å². The molecule has 2 N–H and O–H groups in total. The Kier molecular flexibility index (Phi) is 6.35. The molecular weight excluding hydrogens is 480 g/mol. The maximum atomic E-state index is 12.8. The summed E-state index contributed by atoms with van der Waals surface area (Å²) < 4.78 is 12.7. The third-order valence-electron chi connectivity index (χ3n) is 7.45. The number of hydrogen-bond donors (Lipinski definition) is 2. The molecule has 2 aromatic carbocycles. The van der Waals surface area contributed by atoms with Crippen LogP contribution in [0.15, 0.2) is 42.5 Å². The van der Waals surface area contributed by atoms with Crippen LogP contribution in [0.25, 0.3) is 16.7 Å². The summed E-state index contributed by atoms with van der Waals surface area (Å²) in [6.07, 6.45) is 4.39. The average Bonchev–Trinajstić information content (AvgIpc) is 3.53. The Morgan fingerprint density at radius 3 is 2.55 bits per heavy atom.